The van der Waals surface area contributed by atoms with E-state index in [9.17, 15) is 4.79 Å². The zero-order chi connectivity index (χ0) is 11.2. The minimum Gasteiger partial charge on any atom is -0.369 e. The molecule has 1 amide bonds. The molecule has 14 heavy (non-hydrogen) atoms. The van der Waals surface area contributed by atoms with Crippen molar-refractivity contribution >= 4 is 16.3 Å². The Morgan fingerprint density at radius 3 is 1.71 bits per heavy atom. The Labute approximate surface area is 83.1 Å². The van der Waals surface area contributed by atoms with Gasteiger partial charge in [0.1, 0.15) is 0 Å². The molecule has 1 rings (SSSR count). The molecule has 1 aliphatic carbocycles. The Morgan fingerprint density at radius 2 is 1.50 bits per heavy atom. The molecule has 1 saturated carbocycles. The van der Waals surface area contributed by atoms with Crippen LogP contribution in [-0.2, 0) is 15.2 Å². The van der Waals surface area contributed by atoms with Gasteiger partial charge in [0.2, 0.25) is 5.91 Å². The highest BCUT2D eigenvalue weighted by molar-refractivity contribution is 7.79. The quantitative estimate of drug-likeness (QED) is 0.558. The minimum absolute atomic E-state index is 0.102. The SMILES string of the molecule is NC(=O)C1CCCCC1.O=S(=O)(O)O. The van der Waals surface area contributed by atoms with Crippen molar-refractivity contribution in [2.45, 2.75) is 32.1 Å². The second kappa shape index (κ2) is 5.94. The fourth-order valence-corrected chi connectivity index (χ4v) is 1.39. The van der Waals surface area contributed by atoms with Gasteiger partial charge in [0.05, 0.1) is 0 Å². The van der Waals surface area contributed by atoms with Crippen molar-refractivity contribution in [3.05, 3.63) is 0 Å². The van der Waals surface area contributed by atoms with Crippen LogP contribution in [0.5, 0.6) is 0 Å². The molecule has 0 spiro atoms. The summed E-state index contributed by atoms with van der Waals surface area (Å²) >= 11 is 0. The van der Waals surface area contributed by atoms with Gasteiger partial charge in [-0.25, -0.2) is 0 Å². The summed E-state index contributed by atoms with van der Waals surface area (Å²) in [6, 6.07) is 0. The number of carbonyl (C=O) groups excluding carboxylic acids is 1. The van der Waals surface area contributed by atoms with E-state index < -0.39 is 10.4 Å². The second-order valence-electron chi connectivity index (χ2n) is 3.19. The lowest BCUT2D eigenvalue weighted by Gasteiger charge is -2.17. The summed E-state index contributed by atoms with van der Waals surface area (Å²) in [6.45, 7) is 0. The molecule has 0 saturated heterocycles. The molecule has 0 heterocycles. The Balaban J connectivity index is 0.000000292. The molecular weight excluding hydrogens is 210 g/mol. The first-order valence-corrected chi connectivity index (χ1v) is 5.69. The summed E-state index contributed by atoms with van der Waals surface area (Å²) < 4.78 is 31.6. The van der Waals surface area contributed by atoms with Gasteiger partial charge < -0.3 is 5.73 Å². The van der Waals surface area contributed by atoms with Crippen LogP contribution < -0.4 is 5.73 Å². The summed E-state index contributed by atoms with van der Waals surface area (Å²) in [4.78, 5) is 10.6. The normalized spacial score (nSPS) is 18.1. The van der Waals surface area contributed by atoms with Crippen molar-refractivity contribution in [3.8, 4) is 0 Å². The number of hydrogen-bond acceptors (Lipinski definition) is 3. The molecule has 4 N–H and O–H groups in total. The van der Waals surface area contributed by atoms with Crippen molar-refractivity contribution in [2.75, 3.05) is 0 Å². The van der Waals surface area contributed by atoms with Gasteiger partial charge in [-0.3, -0.25) is 13.9 Å². The Hall–Kier alpha value is -0.660. The van der Waals surface area contributed by atoms with E-state index in [-0.39, 0.29) is 11.8 Å². The van der Waals surface area contributed by atoms with Crippen molar-refractivity contribution in [1.82, 2.24) is 0 Å². The van der Waals surface area contributed by atoms with Crippen molar-refractivity contribution < 1.29 is 22.3 Å². The predicted molar refractivity (Wildman–Crippen MR) is 49.9 cm³/mol. The van der Waals surface area contributed by atoms with E-state index in [1.54, 1.807) is 0 Å². The lowest BCUT2D eigenvalue weighted by molar-refractivity contribution is -0.122. The summed E-state index contributed by atoms with van der Waals surface area (Å²) in [6.07, 6.45) is 5.70. The Kier molecular flexibility index (Phi) is 5.66. The van der Waals surface area contributed by atoms with Gasteiger partial charge in [-0.05, 0) is 12.8 Å². The van der Waals surface area contributed by atoms with Crippen LogP contribution in [-0.4, -0.2) is 23.4 Å². The highest BCUT2D eigenvalue weighted by atomic mass is 32.3. The molecular formula is C7H15NO5S. The van der Waals surface area contributed by atoms with E-state index in [0.29, 0.717) is 0 Å². The average Bonchev–Trinajstić information content (AvgIpc) is 2.03. The largest absolute Gasteiger partial charge is 0.394 e. The Bertz CT molecular complexity index is 260. The highest BCUT2D eigenvalue weighted by Gasteiger charge is 2.17. The molecule has 0 aromatic rings. The van der Waals surface area contributed by atoms with Crippen LogP contribution in [0.15, 0.2) is 0 Å². The molecule has 0 aromatic carbocycles. The summed E-state index contributed by atoms with van der Waals surface area (Å²) in [5, 5.41) is 0. The molecule has 84 valence electrons. The maximum Gasteiger partial charge on any atom is 0.394 e. The molecule has 6 nitrogen and oxygen atoms in total. The van der Waals surface area contributed by atoms with Gasteiger partial charge in [0, 0.05) is 5.92 Å². The third-order valence-electron chi connectivity index (χ3n) is 2.01. The van der Waals surface area contributed by atoms with E-state index in [1.807, 2.05) is 0 Å². The summed E-state index contributed by atoms with van der Waals surface area (Å²) in [5.41, 5.74) is 5.13. The first-order valence-electron chi connectivity index (χ1n) is 4.30. The third-order valence-corrected chi connectivity index (χ3v) is 2.01. The van der Waals surface area contributed by atoms with Gasteiger partial charge >= 0.3 is 10.4 Å². The van der Waals surface area contributed by atoms with Gasteiger partial charge in [0.25, 0.3) is 0 Å². The lowest BCUT2D eigenvalue weighted by Crippen LogP contribution is -2.24. The smallest absolute Gasteiger partial charge is 0.369 e. The van der Waals surface area contributed by atoms with E-state index in [0.717, 1.165) is 12.8 Å². The van der Waals surface area contributed by atoms with E-state index in [1.165, 1.54) is 19.3 Å². The zero-order valence-corrected chi connectivity index (χ0v) is 8.53. The lowest BCUT2D eigenvalue weighted by atomic mass is 9.89. The fraction of sp³-hybridized carbons (Fsp3) is 0.857. The van der Waals surface area contributed by atoms with Crippen molar-refractivity contribution in [1.29, 1.82) is 0 Å². The molecule has 0 radical (unpaired) electrons. The number of hydrogen-bond donors (Lipinski definition) is 3. The number of nitrogens with two attached hydrogens (primary N) is 1. The van der Waals surface area contributed by atoms with Crippen LogP contribution in [0.2, 0.25) is 0 Å². The maximum absolute atomic E-state index is 10.6. The van der Waals surface area contributed by atoms with Crippen LogP contribution in [0.1, 0.15) is 32.1 Å². The molecule has 1 fully saturated rings. The van der Waals surface area contributed by atoms with Crippen molar-refractivity contribution in [3.63, 3.8) is 0 Å². The minimum atomic E-state index is -4.67. The van der Waals surface area contributed by atoms with E-state index >= 15 is 0 Å². The van der Waals surface area contributed by atoms with Crippen LogP contribution in [0.25, 0.3) is 0 Å². The average molecular weight is 225 g/mol. The highest BCUT2D eigenvalue weighted by Crippen LogP contribution is 2.22. The molecule has 0 unspecified atom stereocenters. The monoisotopic (exact) mass is 225 g/mol. The van der Waals surface area contributed by atoms with Crippen molar-refractivity contribution in [2.24, 2.45) is 11.7 Å². The predicted octanol–water partition coefficient (Wildman–Crippen LogP) is 0.399. The number of carbonyl (C=O) groups is 1. The van der Waals surface area contributed by atoms with Gasteiger partial charge in [0.15, 0.2) is 0 Å². The van der Waals surface area contributed by atoms with Crippen LogP contribution in [0.4, 0.5) is 0 Å². The van der Waals surface area contributed by atoms with Crippen LogP contribution in [0.3, 0.4) is 0 Å². The zero-order valence-electron chi connectivity index (χ0n) is 7.72. The summed E-state index contributed by atoms with van der Waals surface area (Å²) in [5.74, 6) is 0.0912. The van der Waals surface area contributed by atoms with E-state index in [2.05, 4.69) is 0 Å². The third kappa shape index (κ3) is 9.43. The first-order chi connectivity index (χ1) is 6.30. The number of amides is 1. The first kappa shape index (κ1) is 13.3. The molecule has 7 heteroatoms. The van der Waals surface area contributed by atoms with Crippen LogP contribution >= 0.6 is 0 Å². The summed E-state index contributed by atoms with van der Waals surface area (Å²) in [7, 11) is -4.67. The number of primary amides is 1. The van der Waals surface area contributed by atoms with Gasteiger partial charge in [-0.1, -0.05) is 19.3 Å². The number of rotatable bonds is 1. The maximum atomic E-state index is 10.6. The van der Waals surface area contributed by atoms with Gasteiger partial charge in [-0.15, -0.1) is 0 Å². The molecule has 0 atom stereocenters. The Morgan fingerprint density at radius 1 is 1.14 bits per heavy atom. The van der Waals surface area contributed by atoms with Gasteiger partial charge in [-0.2, -0.15) is 8.42 Å². The molecule has 0 aliphatic heterocycles. The second-order valence-corrected chi connectivity index (χ2v) is 4.08. The molecule has 0 aromatic heterocycles. The van der Waals surface area contributed by atoms with Crippen LogP contribution in [0, 0.1) is 5.92 Å². The molecule has 1 aliphatic rings. The molecule has 0 bridgehead atoms. The standard InChI is InChI=1S/C7H13NO.H2O4S/c8-7(9)6-4-2-1-3-5-6;1-5(2,3)4/h6H,1-5H2,(H2,8,9);(H2,1,2,3,4). The van der Waals surface area contributed by atoms with E-state index in [4.69, 9.17) is 23.3 Å². The topological polar surface area (TPSA) is 118 Å². The fourth-order valence-electron chi connectivity index (χ4n) is 1.39.